The van der Waals surface area contributed by atoms with Gasteiger partial charge >= 0.3 is 0 Å². The summed E-state index contributed by atoms with van der Waals surface area (Å²) in [6.45, 7) is 10.7. The smallest absolute Gasteiger partial charge is 0.275 e. The number of imidazole rings is 1. The van der Waals surface area contributed by atoms with Crippen LogP contribution in [-0.2, 0) is 6.54 Å². The van der Waals surface area contributed by atoms with Crippen LogP contribution in [-0.4, -0.2) is 28.3 Å². The lowest BCUT2D eigenvalue weighted by atomic mass is 10.2. The van der Waals surface area contributed by atoms with Crippen molar-refractivity contribution in [1.29, 1.82) is 0 Å². The minimum Gasteiger partial charge on any atom is -0.497 e. The molecule has 3 rings (SSSR count). The molecule has 0 amide bonds. The molecule has 2 aromatic heterocycles. The van der Waals surface area contributed by atoms with Gasteiger partial charge in [-0.15, -0.1) is 4.52 Å². The highest BCUT2D eigenvalue weighted by molar-refractivity contribution is 6.29. The molecule has 0 aliphatic rings. The van der Waals surface area contributed by atoms with E-state index in [1.807, 2.05) is 24.3 Å². The fraction of sp³-hybridized carbons (Fsp3) is 0.235. The number of hydrogen-bond acceptors (Lipinski definition) is 4. The predicted molar refractivity (Wildman–Crippen MR) is 94.0 cm³/mol. The van der Waals surface area contributed by atoms with E-state index in [0.717, 1.165) is 23.5 Å². The molecular formula is C17H16ClN5O. The van der Waals surface area contributed by atoms with Crippen LogP contribution in [0.25, 0.3) is 10.5 Å². The third-order valence-electron chi connectivity index (χ3n) is 3.77. The average Bonchev–Trinajstić information content (AvgIpc) is 3.02. The van der Waals surface area contributed by atoms with Crippen LogP contribution < -0.4 is 9.64 Å². The summed E-state index contributed by atoms with van der Waals surface area (Å²) in [4.78, 5) is 9.91. The van der Waals surface area contributed by atoms with Crippen molar-refractivity contribution in [1.82, 2.24) is 14.6 Å². The molecule has 0 aliphatic heterocycles. The zero-order valence-electron chi connectivity index (χ0n) is 13.4. The van der Waals surface area contributed by atoms with Crippen molar-refractivity contribution >= 4 is 28.8 Å². The molecule has 122 valence electrons. The summed E-state index contributed by atoms with van der Waals surface area (Å²) in [7, 11) is 1.65. The van der Waals surface area contributed by atoms with E-state index in [9.17, 15) is 0 Å². The van der Waals surface area contributed by atoms with Gasteiger partial charge in [-0.25, -0.2) is 4.98 Å². The van der Waals surface area contributed by atoms with Gasteiger partial charge < -0.3 is 14.5 Å². The number of rotatable bonds is 5. The molecule has 1 aromatic carbocycles. The minimum atomic E-state index is 0.327. The zero-order chi connectivity index (χ0) is 17.1. The molecule has 0 N–H and O–H groups in total. The van der Waals surface area contributed by atoms with E-state index in [-0.39, 0.29) is 0 Å². The first-order chi connectivity index (χ1) is 11.7. The zero-order valence-corrected chi connectivity index (χ0v) is 14.2. The van der Waals surface area contributed by atoms with Gasteiger partial charge in [-0.1, -0.05) is 35.4 Å². The van der Waals surface area contributed by atoms with Crippen LogP contribution in [0.2, 0.25) is 5.15 Å². The largest absolute Gasteiger partial charge is 0.497 e. The lowest BCUT2D eigenvalue weighted by Crippen LogP contribution is -2.23. The Balaban J connectivity index is 1.99. The summed E-state index contributed by atoms with van der Waals surface area (Å²) >= 11 is 6.15. The molecule has 0 atom stereocenters. The summed E-state index contributed by atoms with van der Waals surface area (Å²) in [6.07, 6.45) is 1.51. The van der Waals surface area contributed by atoms with E-state index in [4.69, 9.17) is 22.9 Å². The maximum Gasteiger partial charge on any atom is 0.275 e. The summed E-state index contributed by atoms with van der Waals surface area (Å²) in [6, 6.07) is 9.70. The first kappa shape index (κ1) is 16.1. The van der Waals surface area contributed by atoms with E-state index in [0.29, 0.717) is 23.2 Å². The Morgan fingerprint density at radius 3 is 2.71 bits per heavy atom. The van der Waals surface area contributed by atoms with Gasteiger partial charge in [0, 0.05) is 19.2 Å². The van der Waals surface area contributed by atoms with Gasteiger partial charge in [-0.3, -0.25) is 0 Å². The molecule has 0 unspecified atom stereocenters. The highest BCUT2D eigenvalue weighted by Crippen LogP contribution is 2.28. The fourth-order valence-electron chi connectivity index (χ4n) is 2.54. The van der Waals surface area contributed by atoms with Crippen molar-refractivity contribution < 1.29 is 4.74 Å². The lowest BCUT2D eigenvalue weighted by molar-refractivity contribution is 0.414. The Labute approximate surface area is 145 Å². The highest BCUT2D eigenvalue weighted by atomic mass is 35.5. The maximum absolute atomic E-state index is 7.21. The Kier molecular flexibility index (Phi) is 4.54. The quantitative estimate of drug-likeness (QED) is 0.659. The van der Waals surface area contributed by atoms with E-state index in [2.05, 4.69) is 26.8 Å². The van der Waals surface area contributed by atoms with Crippen LogP contribution in [0.1, 0.15) is 12.5 Å². The van der Waals surface area contributed by atoms with Gasteiger partial charge in [0.05, 0.1) is 13.3 Å². The number of benzene rings is 1. The molecule has 7 heteroatoms. The molecule has 6 nitrogen and oxygen atoms in total. The molecule has 0 radical (unpaired) electrons. The summed E-state index contributed by atoms with van der Waals surface area (Å²) in [5, 5.41) is 4.50. The molecule has 2 heterocycles. The first-order valence-corrected chi connectivity index (χ1v) is 7.83. The summed E-state index contributed by atoms with van der Waals surface area (Å²) < 4.78 is 6.68. The van der Waals surface area contributed by atoms with Gasteiger partial charge in [-0.05, 0) is 24.6 Å². The van der Waals surface area contributed by atoms with Crippen LogP contribution in [0.4, 0.5) is 11.5 Å². The Hall–Kier alpha value is -2.78. The molecule has 0 saturated carbocycles. The Morgan fingerprint density at radius 2 is 2.08 bits per heavy atom. The molecule has 0 bridgehead atoms. The summed E-state index contributed by atoms with van der Waals surface area (Å²) in [5.41, 5.74) is 2.62. The van der Waals surface area contributed by atoms with Gasteiger partial charge in [0.1, 0.15) is 11.4 Å². The van der Waals surface area contributed by atoms with Crippen LogP contribution in [0, 0.1) is 6.57 Å². The summed E-state index contributed by atoms with van der Waals surface area (Å²) in [5.74, 6) is 1.17. The average molecular weight is 342 g/mol. The topological polar surface area (TPSA) is 47.0 Å². The number of nitrogens with zero attached hydrogens (tertiary/aromatic N) is 5. The van der Waals surface area contributed by atoms with E-state index in [1.54, 1.807) is 13.2 Å². The van der Waals surface area contributed by atoms with Gasteiger partial charge in [0.25, 0.3) is 11.5 Å². The van der Waals surface area contributed by atoms with E-state index >= 15 is 0 Å². The van der Waals surface area contributed by atoms with Crippen LogP contribution in [0.3, 0.4) is 0 Å². The van der Waals surface area contributed by atoms with Crippen LogP contribution in [0.5, 0.6) is 5.75 Å². The first-order valence-electron chi connectivity index (χ1n) is 7.46. The van der Waals surface area contributed by atoms with Crippen molar-refractivity contribution in [3.8, 4) is 5.75 Å². The van der Waals surface area contributed by atoms with Crippen LogP contribution in [0.15, 0.2) is 36.5 Å². The number of aromatic nitrogens is 3. The number of anilines is 1. The van der Waals surface area contributed by atoms with Crippen molar-refractivity contribution in [2.45, 2.75) is 13.5 Å². The molecule has 0 spiro atoms. The molecule has 3 aromatic rings. The number of hydrogen-bond donors (Lipinski definition) is 0. The third-order valence-corrected chi connectivity index (χ3v) is 3.95. The van der Waals surface area contributed by atoms with Crippen molar-refractivity contribution in [2.24, 2.45) is 0 Å². The standard InChI is InChI=1S/C17H16ClN5O/c1-4-22(11-12-5-7-13(24-3)8-6-12)14-9-15(18)21-23-16(19-2)10-20-17(14)23/h5-10H,4,11H2,1,3H3. The van der Waals surface area contributed by atoms with Crippen molar-refractivity contribution in [2.75, 3.05) is 18.6 Å². The van der Waals surface area contributed by atoms with E-state index < -0.39 is 0 Å². The maximum atomic E-state index is 7.21. The Morgan fingerprint density at radius 1 is 1.33 bits per heavy atom. The Bertz CT molecular complexity index is 898. The van der Waals surface area contributed by atoms with Gasteiger partial charge in [0.2, 0.25) is 0 Å². The molecular weight excluding hydrogens is 326 g/mol. The highest BCUT2D eigenvalue weighted by Gasteiger charge is 2.18. The second-order valence-corrected chi connectivity index (χ2v) is 5.57. The monoisotopic (exact) mass is 341 g/mol. The number of fused-ring (bicyclic) bond motifs is 1. The predicted octanol–water partition coefficient (Wildman–Crippen LogP) is 3.97. The minimum absolute atomic E-state index is 0.327. The lowest BCUT2D eigenvalue weighted by Gasteiger charge is -2.22. The van der Waals surface area contributed by atoms with Crippen molar-refractivity contribution in [3.05, 3.63) is 58.7 Å². The number of halogens is 1. The number of methoxy groups -OCH3 is 1. The van der Waals surface area contributed by atoms with Crippen molar-refractivity contribution in [3.63, 3.8) is 0 Å². The normalized spacial score (nSPS) is 10.6. The third kappa shape index (κ3) is 2.99. The fourth-order valence-corrected chi connectivity index (χ4v) is 2.72. The SMILES string of the molecule is [C-]#[N+]c1cnc2c(N(CC)Cc3ccc(OC)cc3)cc(Cl)nn12. The second kappa shape index (κ2) is 6.77. The molecule has 24 heavy (non-hydrogen) atoms. The van der Waals surface area contributed by atoms with Gasteiger partial charge in [-0.2, -0.15) is 0 Å². The molecule has 0 fully saturated rings. The molecule has 0 saturated heterocycles. The van der Waals surface area contributed by atoms with E-state index in [1.165, 1.54) is 10.7 Å². The molecule has 0 aliphatic carbocycles. The van der Waals surface area contributed by atoms with Crippen LogP contribution >= 0.6 is 11.6 Å². The number of ether oxygens (including phenoxy) is 1. The van der Waals surface area contributed by atoms with Gasteiger partial charge in [0.15, 0.2) is 5.15 Å². The second-order valence-electron chi connectivity index (χ2n) is 5.18.